The van der Waals surface area contributed by atoms with Gasteiger partial charge < -0.3 is 14.4 Å². The zero-order valence-electron chi connectivity index (χ0n) is 10.8. The maximum atomic E-state index is 12.1. The minimum atomic E-state index is -0.673. The highest BCUT2D eigenvalue weighted by Gasteiger charge is 2.44. The molecule has 0 aromatic rings. The molecule has 1 heterocycles. The Morgan fingerprint density at radius 2 is 2.22 bits per heavy atom. The molecule has 1 atom stereocenters. The number of nitrogens with zero attached hydrogens (tertiary/aromatic N) is 1. The van der Waals surface area contributed by atoms with Gasteiger partial charge in [-0.2, -0.15) is 0 Å². The molecule has 18 heavy (non-hydrogen) atoms. The average Bonchev–Trinajstić information content (AvgIpc) is 2.53. The fourth-order valence-electron chi connectivity index (χ4n) is 1.70. The molecule has 100 valence electrons. The topological polar surface area (TPSA) is 63.7 Å². The third kappa shape index (κ3) is 3.13. The van der Waals surface area contributed by atoms with Gasteiger partial charge in [0.1, 0.15) is 6.29 Å². The van der Waals surface area contributed by atoms with E-state index < -0.39 is 10.7 Å². The molecular formula is C12H17NO4S. The molecule has 1 aliphatic rings. The SMILES string of the molecule is CCOC(=O)/C=C1\SC(C)(CCC=O)C(=O)N1C. The van der Waals surface area contributed by atoms with E-state index in [-0.39, 0.29) is 5.91 Å². The van der Waals surface area contributed by atoms with Crippen molar-refractivity contribution in [3.63, 3.8) is 0 Å². The lowest BCUT2D eigenvalue weighted by Crippen LogP contribution is -2.34. The Bertz CT molecular complexity index is 394. The van der Waals surface area contributed by atoms with E-state index in [1.807, 2.05) is 0 Å². The number of aldehydes is 1. The van der Waals surface area contributed by atoms with Crippen molar-refractivity contribution >= 4 is 29.9 Å². The Kier molecular flexibility index (Phi) is 4.95. The molecule has 1 fully saturated rings. The Balaban J connectivity index is 2.84. The van der Waals surface area contributed by atoms with E-state index in [0.29, 0.717) is 24.5 Å². The van der Waals surface area contributed by atoms with Gasteiger partial charge in [0.25, 0.3) is 0 Å². The monoisotopic (exact) mass is 271 g/mol. The van der Waals surface area contributed by atoms with E-state index in [1.54, 1.807) is 20.9 Å². The highest BCUT2D eigenvalue weighted by atomic mass is 32.2. The first-order valence-corrected chi connectivity index (χ1v) is 6.55. The number of hydrogen-bond donors (Lipinski definition) is 0. The number of carbonyl (C=O) groups excluding carboxylic acids is 3. The summed E-state index contributed by atoms with van der Waals surface area (Å²) in [4.78, 5) is 35.3. The van der Waals surface area contributed by atoms with Crippen molar-refractivity contribution in [1.29, 1.82) is 0 Å². The summed E-state index contributed by atoms with van der Waals surface area (Å²) in [5.41, 5.74) is 0. The summed E-state index contributed by atoms with van der Waals surface area (Å²) in [5.74, 6) is -0.552. The van der Waals surface area contributed by atoms with Crippen LogP contribution in [0.4, 0.5) is 0 Å². The summed E-state index contributed by atoms with van der Waals surface area (Å²) in [5, 5.41) is 0.562. The third-order valence-corrected chi connectivity index (χ3v) is 4.11. The smallest absolute Gasteiger partial charge is 0.333 e. The predicted molar refractivity (Wildman–Crippen MR) is 68.8 cm³/mol. The van der Waals surface area contributed by atoms with Crippen LogP contribution in [-0.4, -0.2) is 41.5 Å². The highest BCUT2D eigenvalue weighted by Crippen LogP contribution is 2.45. The second kappa shape index (κ2) is 6.04. The second-order valence-electron chi connectivity index (χ2n) is 4.14. The van der Waals surface area contributed by atoms with Crippen LogP contribution in [0, 0.1) is 0 Å². The van der Waals surface area contributed by atoms with Gasteiger partial charge in [-0.15, -0.1) is 0 Å². The molecule has 0 radical (unpaired) electrons. The van der Waals surface area contributed by atoms with E-state index in [9.17, 15) is 14.4 Å². The van der Waals surface area contributed by atoms with Crippen LogP contribution in [0.25, 0.3) is 0 Å². The van der Waals surface area contributed by atoms with Crippen LogP contribution in [0.2, 0.25) is 0 Å². The van der Waals surface area contributed by atoms with Crippen molar-refractivity contribution in [3.05, 3.63) is 11.1 Å². The van der Waals surface area contributed by atoms with Crippen molar-refractivity contribution in [3.8, 4) is 0 Å². The van der Waals surface area contributed by atoms with E-state index in [2.05, 4.69) is 0 Å². The largest absolute Gasteiger partial charge is 0.463 e. The van der Waals surface area contributed by atoms with Crippen LogP contribution in [0.1, 0.15) is 26.7 Å². The van der Waals surface area contributed by atoms with Crippen LogP contribution in [0.5, 0.6) is 0 Å². The molecule has 0 N–H and O–H groups in total. The molecule has 6 heteroatoms. The lowest BCUT2D eigenvalue weighted by molar-refractivity contribution is -0.137. The van der Waals surface area contributed by atoms with E-state index >= 15 is 0 Å². The Morgan fingerprint density at radius 3 is 2.78 bits per heavy atom. The first kappa shape index (κ1) is 14.8. The Hall–Kier alpha value is -1.30. The standard InChI is InChI=1S/C12H17NO4S/c1-4-17-10(15)8-9-13(3)11(16)12(2,18-9)6-5-7-14/h7-8H,4-6H2,1-3H3/b9-8-. The lowest BCUT2D eigenvalue weighted by Gasteiger charge is -2.18. The normalized spacial score (nSPS) is 25.6. The summed E-state index contributed by atoms with van der Waals surface area (Å²) in [6, 6.07) is 0. The van der Waals surface area contributed by atoms with Gasteiger partial charge in [-0.05, 0) is 20.3 Å². The van der Waals surface area contributed by atoms with Gasteiger partial charge in [0.15, 0.2) is 0 Å². The Labute approximate surface area is 111 Å². The predicted octanol–water partition coefficient (Wildman–Crippen LogP) is 1.33. The number of amides is 1. The van der Waals surface area contributed by atoms with Gasteiger partial charge in [0.05, 0.1) is 22.5 Å². The van der Waals surface area contributed by atoms with Crippen LogP contribution < -0.4 is 0 Å². The third-order valence-electron chi connectivity index (χ3n) is 2.68. The molecule has 1 aliphatic heterocycles. The fraction of sp³-hybridized carbons (Fsp3) is 0.583. The van der Waals surface area contributed by atoms with Crippen LogP contribution in [0.15, 0.2) is 11.1 Å². The average molecular weight is 271 g/mol. The van der Waals surface area contributed by atoms with Gasteiger partial charge >= 0.3 is 5.97 Å². The van der Waals surface area contributed by atoms with Crippen LogP contribution in [0.3, 0.4) is 0 Å². The van der Waals surface area contributed by atoms with Crippen LogP contribution >= 0.6 is 11.8 Å². The minimum Gasteiger partial charge on any atom is -0.463 e. The van der Waals surface area contributed by atoms with Gasteiger partial charge in [0.2, 0.25) is 5.91 Å². The Morgan fingerprint density at radius 1 is 1.56 bits per heavy atom. The van der Waals surface area contributed by atoms with Gasteiger partial charge in [-0.25, -0.2) is 4.79 Å². The number of hydrogen-bond acceptors (Lipinski definition) is 5. The van der Waals surface area contributed by atoms with Crippen molar-refractivity contribution in [2.45, 2.75) is 31.4 Å². The number of esters is 1. The number of ether oxygens (including phenoxy) is 1. The zero-order valence-corrected chi connectivity index (χ0v) is 11.6. The summed E-state index contributed by atoms with van der Waals surface area (Å²) in [7, 11) is 1.62. The van der Waals surface area contributed by atoms with Crippen molar-refractivity contribution in [1.82, 2.24) is 4.90 Å². The van der Waals surface area contributed by atoms with Gasteiger partial charge in [-0.1, -0.05) is 11.8 Å². The maximum Gasteiger partial charge on any atom is 0.333 e. The molecule has 1 unspecified atom stereocenters. The first-order chi connectivity index (χ1) is 8.44. The molecule has 0 aliphatic carbocycles. The molecule has 0 spiro atoms. The molecule has 0 bridgehead atoms. The quantitative estimate of drug-likeness (QED) is 0.429. The summed E-state index contributed by atoms with van der Waals surface area (Å²) in [6.45, 7) is 3.81. The maximum absolute atomic E-state index is 12.1. The highest BCUT2D eigenvalue weighted by molar-refractivity contribution is 8.05. The zero-order chi connectivity index (χ0) is 13.8. The molecule has 0 saturated carbocycles. The lowest BCUT2D eigenvalue weighted by atomic mass is 10.0. The first-order valence-electron chi connectivity index (χ1n) is 5.74. The number of carbonyl (C=O) groups is 3. The molecular weight excluding hydrogens is 254 g/mol. The van der Waals surface area contributed by atoms with Crippen molar-refractivity contribution in [2.24, 2.45) is 0 Å². The molecule has 1 rings (SSSR count). The minimum absolute atomic E-state index is 0.0927. The second-order valence-corrected chi connectivity index (χ2v) is 5.66. The fourth-order valence-corrected chi connectivity index (χ4v) is 2.98. The van der Waals surface area contributed by atoms with Crippen molar-refractivity contribution < 1.29 is 19.1 Å². The van der Waals surface area contributed by atoms with E-state index in [1.165, 1.54) is 22.7 Å². The van der Waals surface area contributed by atoms with Gasteiger partial charge in [0, 0.05) is 13.5 Å². The molecule has 0 aromatic heterocycles. The summed E-state index contributed by atoms with van der Waals surface area (Å²) < 4.78 is 4.14. The van der Waals surface area contributed by atoms with Crippen molar-refractivity contribution in [2.75, 3.05) is 13.7 Å². The van der Waals surface area contributed by atoms with E-state index in [0.717, 1.165) is 6.29 Å². The molecule has 5 nitrogen and oxygen atoms in total. The number of rotatable bonds is 5. The van der Waals surface area contributed by atoms with Crippen LogP contribution in [-0.2, 0) is 19.1 Å². The molecule has 0 aromatic carbocycles. The molecule has 1 saturated heterocycles. The summed E-state index contributed by atoms with van der Waals surface area (Å²) >= 11 is 1.30. The van der Waals surface area contributed by atoms with Gasteiger partial charge in [-0.3, -0.25) is 4.79 Å². The summed E-state index contributed by atoms with van der Waals surface area (Å²) in [6.07, 6.45) is 2.91. The molecule has 1 amide bonds. The number of thioether (sulfide) groups is 1. The van der Waals surface area contributed by atoms with E-state index in [4.69, 9.17) is 4.74 Å².